The molecule has 0 saturated carbocycles. The second kappa shape index (κ2) is 7.68. The molecule has 1 fully saturated rings. The topological polar surface area (TPSA) is 58.6 Å². The lowest BCUT2D eigenvalue weighted by molar-refractivity contribution is -0.122. The SMILES string of the molecule is COc1ccc(C=C2C(=O)NC(=S)N(c3cccc(Cl)c3Cl)C2=O)cc1C. The Hall–Kier alpha value is -2.41. The summed E-state index contributed by atoms with van der Waals surface area (Å²) in [6, 6.07) is 10.2. The molecule has 0 spiro atoms. The van der Waals surface area contributed by atoms with Gasteiger partial charge in [-0.3, -0.25) is 19.8 Å². The van der Waals surface area contributed by atoms with Crippen molar-refractivity contribution >= 4 is 64.1 Å². The summed E-state index contributed by atoms with van der Waals surface area (Å²) in [4.78, 5) is 26.5. The number of hydrogen-bond donors (Lipinski definition) is 1. The van der Waals surface area contributed by atoms with Crippen LogP contribution >= 0.6 is 35.4 Å². The van der Waals surface area contributed by atoms with E-state index in [0.717, 1.165) is 10.5 Å². The number of ether oxygens (including phenoxy) is 1. The molecule has 1 heterocycles. The predicted molar refractivity (Wildman–Crippen MR) is 110 cm³/mol. The van der Waals surface area contributed by atoms with Crippen molar-refractivity contribution in [2.75, 3.05) is 12.0 Å². The van der Waals surface area contributed by atoms with Crippen molar-refractivity contribution in [2.24, 2.45) is 0 Å². The molecule has 1 aliphatic rings. The Kier molecular flexibility index (Phi) is 5.51. The third-order valence-corrected chi connectivity index (χ3v) is 5.10. The molecule has 138 valence electrons. The average molecular weight is 421 g/mol. The normalized spacial score (nSPS) is 15.9. The largest absolute Gasteiger partial charge is 0.496 e. The van der Waals surface area contributed by atoms with Gasteiger partial charge in [0.15, 0.2) is 5.11 Å². The molecule has 0 unspecified atom stereocenters. The number of nitrogens with one attached hydrogen (secondary N) is 1. The van der Waals surface area contributed by atoms with Gasteiger partial charge in [-0.1, -0.05) is 35.3 Å². The highest BCUT2D eigenvalue weighted by Gasteiger charge is 2.35. The third kappa shape index (κ3) is 3.69. The first-order chi connectivity index (χ1) is 12.8. The molecule has 0 aliphatic carbocycles. The quantitative estimate of drug-likeness (QED) is 0.460. The van der Waals surface area contributed by atoms with Crippen molar-refractivity contribution in [1.82, 2.24) is 5.32 Å². The molecule has 2 aromatic rings. The van der Waals surface area contributed by atoms with Crippen LogP contribution in [-0.2, 0) is 9.59 Å². The van der Waals surface area contributed by atoms with Gasteiger partial charge in [0.2, 0.25) is 0 Å². The summed E-state index contributed by atoms with van der Waals surface area (Å²) in [6.07, 6.45) is 1.50. The van der Waals surface area contributed by atoms with Gasteiger partial charge in [-0.05, 0) is 60.6 Å². The van der Waals surface area contributed by atoms with Gasteiger partial charge in [0, 0.05) is 0 Å². The van der Waals surface area contributed by atoms with E-state index in [9.17, 15) is 9.59 Å². The second-order valence-electron chi connectivity index (χ2n) is 5.76. The van der Waals surface area contributed by atoms with E-state index in [-0.39, 0.29) is 20.7 Å². The van der Waals surface area contributed by atoms with Crippen molar-refractivity contribution < 1.29 is 14.3 Å². The lowest BCUT2D eigenvalue weighted by Crippen LogP contribution is -2.54. The monoisotopic (exact) mass is 420 g/mol. The number of carbonyl (C=O) groups is 2. The number of benzene rings is 2. The van der Waals surface area contributed by atoms with E-state index in [4.69, 9.17) is 40.2 Å². The smallest absolute Gasteiger partial charge is 0.270 e. The molecule has 27 heavy (non-hydrogen) atoms. The number of rotatable bonds is 3. The maximum absolute atomic E-state index is 13.0. The van der Waals surface area contributed by atoms with E-state index in [0.29, 0.717) is 17.0 Å². The highest BCUT2D eigenvalue weighted by molar-refractivity contribution is 7.80. The van der Waals surface area contributed by atoms with Crippen molar-refractivity contribution in [3.8, 4) is 5.75 Å². The third-order valence-electron chi connectivity index (χ3n) is 4.00. The summed E-state index contributed by atoms with van der Waals surface area (Å²) in [7, 11) is 1.58. The van der Waals surface area contributed by atoms with Crippen molar-refractivity contribution in [3.05, 3.63) is 63.1 Å². The summed E-state index contributed by atoms with van der Waals surface area (Å²) in [6.45, 7) is 1.87. The van der Waals surface area contributed by atoms with Crippen molar-refractivity contribution in [3.63, 3.8) is 0 Å². The number of halogens is 2. The number of anilines is 1. The number of hydrogen-bond acceptors (Lipinski definition) is 4. The Morgan fingerprint density at radius 1 is 1.19 bits per heavy atom. The van der Waals surface area contributed by atoms with E-state index >= 15 is 0 Å². The minimum absolute atomic E-state index is 0.0581. The summed E-state index contributed by atoms with van der Waals surface area (Å²) < 4.78 is 5.23. The van der Waals surface area contributed by atoms with E-state index in [1.165, 1.54) is 6.08 Å². The highest BCUT2D eigenvalue weighted by Crippen LogP contribution is 2.34. The van der Waals surface area contributed by atoms with E-state index in [2.05, 4.69) is 5.32 Å². The van der Waals surface area contributed by atoms with Gasteiger partial charge in [-0.15, -0.1) is 0 Å². The molecule has 5 nitrogen and oxygen atoms in total. The Balaban J connectivity index is 2.05. The van der Waals surface area contributed by atoms with Gasteiger partial charge in [0.25, 0.3) is 11.8 Å². The van der Waals surface area contributed by atoms with Crippen LogP contribution in [0.5, 0.6) is 5.75 Å². The number of carbonyl (C=O) groups excluding carboxylic acids is 2. The highest BCUT2D eigenvalue weighted by atomic mass is 35.5. The molecule has 2 aromatic carbocycles. The van der Waals surface area contributed by atoms with E-state index in [1.54, 1.807) is 37.4 Å². The van der Waals surface area contributed by atoms with Gasteiger partial charge in [-0.25, -0.2) is 0 Å². The van der Waals surface area contributed by atoms with Crippen LogP contribution in [0.3, 0.4) is 0 Å². The Morgan fingerprint density at radius 3 is 2.59 bits per heavy atom. The number of nitrogens with zero attached hydrogens (tertiary/aromatic N) is 1. The lowest BCUT2D eigenvalue weighted by atomic mass is 10.0. The Bertz CT molecular complexity index is 1000. The first-order valence-electron chi connectivity index (χ1n) is 7.83. The molecule has 8 heteroatoms. The zero-order valence-corrected chi connectivity index (χ0v) is 16.7. The molecular formula is C19H14Cl2N2O3S. The number of thiocarbonyl (C=S) groups is 1. The van der Waals surface area contributed by atoms with Gasteiger partial charge in [0.05, 0.1) is 22.8 Å². The molecule has 1 saturated heterocycles. The molecule has 0 radical (unpaired) electrons. The predicted octanol–water partition coefficient (Wildman–Crippen LogP) is 4.14. The standard InChI is InChI=1S/C19H14Cl2N2O3S/c1-10-8-11(6-7-15(10)26-2)9-12-17(24)22-19(27)23(18(12)25)14-5-3-4-13(20)16(14)21/h3-9H,1-2H3,(H,22,24,27). The van der Waals surface area contributed by atoms with Crippen LogP contribution < -0.4 is 15.0 Å². The fourth-order valence-electron chi connectivity index (χ4n) is 2.70. The number of methoxy groups -OCH3 is 1. The summed E-state index contributed by atoms with van der Waals surface area (Å²) >= 11 is 17.4. The van der Waals surface area contributed by atoms with Crippen LogP contribution in [0.2, 0.25) is 10.0 Å². The summed E-state index contributed by atoms with van der Waals surface area (Å²) in [5, 5.41) is 2.91. The minimum atomic E-state index is -0.582. The maximum Gasteiger partial charge on any atom is 0.270 e. The number of aryl methyl sites for hydroxylation is 1. The molecule has 1 aliphatic heterocycles. The molecule has 1 N–H and O–H groups in total. The first-order valence-corrected chi connectivity index (χ1v) is 9.00. The van der Waals surface area contributed by atoms with Gasteiger partial charge in [-0.2, -0.15) is 0 Å². The Morgan fingerprint density at radius 2 is 1.93 bits per heavy atom. The van der Waals surface area contributed by atoms with Crippen LogP contribution in [0, 0.1) is 6.92 Å². The van der Waals surface area contributed by atoms with Crippen molar-refractivity contribution in [2.45, 2.75) is 6.92 Å². The molecular weight excluding hydrogens is 407 g/mol. The molecule has 0 bridgehead atoms. The van der Waals surface area contributed by atoms with Crippen LogP contribution in [0.25, 0.3) is 6.08 Å². The fourth-order valence-corrected chi connectivity index (χ4v) is 3.35. The Labute approximate surface area is 171 Å². The molecule has 0 atom stereocenters. The van der Waals surface area contributed by atoms with Gasteiger partial charge < -0.3 is 4.74 Å². The molecule has 2 amide bonds. The molecule has 0 aromatic heterocycles. The minimum Gasteiger partial charge on any atom is -0.496 e. The van der Waals surface area contributed by atoms with Gasteiger partial charge >= 0.3 is 0 Å². The lowest BCUT2D eigenvalue weighted by Gasteiger charge is -2.29. The second-order valence-corrected chi connectivity index (χ2v) is 6.93. The average Bonchev–Trinajstić information content (AvgIpc) is 2.62. The van der Waals surface area contributed by atoms with Crippen LogP contribution in [0.4, 0.5) is 5.69 Å². The van der Waals surface area contributed by atoms with Gasteiger partial charge in [0.1, 0.15) is 11.3 Å². The first kappa shape index (κ1) is 19.4. The van der Waals surface area contributed by atoms with Crippen molar-refractivity contribution in [1.29, 1.82) is 0 Å². The zero-order valence-electron chi connectivity index (χ0n) is 14.4. The number of amides is 2. The van der Waals surface area contributed by atoms with Crippen LogP contribution in [0.1, 0.15) is 11.1 Å². The summed E-state index contributed by atoms with van der Waals surface area (Å²) in [5.41, 5.74) is 1.79. The summed E-state index contributed by atoms with van der Waals surface area (Å²) in [5.74, 6) is -0.445. The zero-order chi connectivity index (χ0) is 19.7. The van der Waals surface area contributed by atoms with Crippen LogP contribution in [-0.4, -0.2) is 24.0 Å². The maximum atomic E-state index is 13.0. The van der Waals surface area contributed by atoms with Crippen LogP contribution in [0.15, 0.2) is 42.0 Å². The van der Waals surface area contributed by atoms with E-state index in [1.807, 2.05) is 13.0 Å². The fraction of sp³-hybridized carbons (Fsp3) is 0.105. The van der Waals surface area contributed by atoms with E-state index < -0.39 is 11.8 Å². The molecule has 3 rings (SSSR count).